The first-order valence-corrected chi connectivity index (χ1v) is 6.49. The summed E-state index contributed by atoms with van der Waals surface area (Å²) < 4.78 is 0. The van der Waals surface area contributed by atoms with Gasteiger partial charge in [-0.15, -0.1) is 0 Å². The van der Waals surface area contributed by atoms with Gasteiger partial charge in [-0.3, -0.25) is 4.79 Å². The molecule has 17 heavy (non-hydrogen) atoms. The maximum absolute atomic E-state index is 11.9. The number of carboxylic acids is 1. The van der Waals surface area contributed by atoms with Gasteiger partial charge in [0.25, 0.3) is 0 Å². The molecule has 0 aromatic rings. The van der Waals surface area contributed by atoms with Gasteiger partial charge in [-0.1, -0.05) is 26.7 Å². The van der Waals surface area contributed by atoms with Crippen LogP contribution in [0, 0.1) is 17.3 Å². The van der Waals surface area contributed by atoms with Crippen molar-refractivity contribution in [1.82, 2.24) is 5.32 Å². The Hall–Kier alpha value is -1.06. The first kappa shape index (κ1) is 12.4. The van der Waals surface area contributed by atoms with Gasteiger partial charge in [-0.05, 0) is 30.6 Å². The summed E-state index contributed by atoms with van der Waals surface area (Å²) in [5.41, 5.74) is 0.104. The van der Waals surface area contributed by atoms with E-state index in [0.717, 1.165) is 25.7 Å². The summed E-state index contributed by atoms with van der Waals surface area (Å²) in [6.45, 7) is 4.17. The van der Waals surface area contributed by atoms with Gasteiger partial charge in [-0.25, -0.2) is 4.79 Å². The number of rotatable bonds is 6. The monoisotopic (exact) mass is 239 g/mol. The molecule has 0 bridgehead atoms. The number of carbonyl (C=O) groups excluding carboxylic acids is 1. The predicted octanol–water partition coefficient (Wildman–Crippen LogP) is 1.79. The molecule has 0 aliphatic heterocycles. The molecule has 3 atom stereocenters. The highest BCUT2D eigenvalue weighted by molar-refractivity contribution is 5.87. The van der Waals surface area contributed by atoms with Crippen LogP contribution in [0.3, 0.4) is 0 Å². The number of aliphatic carboxylic acids is 1. The molecule has 0 saturated heterocycles. The molecule has 4 heteroatoms. The smallest absolute Gasteiger partial charge is 0.326 e. The lowest BCUT2D eigenvalue weighted by Crippen LogP contribution is -2.42. The summed E-state index contributed by atoms with van der Waals surface area (Å²) in [7, 11) is 0. The molecule has 2 rings (SSSR count). The van der Waals surface area contributed by atoms with E-state index in [0.29, 0.717) is 12.3 Å². The van der Waals surface area contributed by atoms with Gasteiger partial charge in [0.1, 0.15) is 6.04 Å². The van der Waals surface area contributed by atoms with E-state index in [-0.39, 0.29) is 17.2 Å². The van der Waals surface area contributed by atoms with Crippen LogP contribution in [0.1, 0.15) is 46.0 Å². The normalized spacial score (nSPS) is 32.9. The number of carbonyl (C=O) groups is 2. The van der Waals surface area contributed by atoms with Gasteiger partial charge < -0.3 is 10.4 Å². The van der Waals surface area contributed by atoms with Crippen molar-refractivity contribution < 1.29 is 14.7 Å². The molecule has 1 amide bonds. The fourth-order valence-electron chi connectivity index (χ4n) is 2.39. The van der Waals surface area contributed by atoms with Crippen LogP contribution in [0.2, 0.25) is 0 Å². The van der Waals surface area contributed by atoms with Crippen molar-refractivity contribution in [3.8, 4) is 0 Å². The highest BCUT2D eigenvalue weighted by atomic mass is 16.4. The zero-order valence-electron chi connectivity index (χ0n) is 10.5. The fraction of sp³-hybridized carbons (Fsp3) is 0.846. The predicted molar refractivity (Wildman–Crippen MR) is 63.4 cm³/mol. The minimum atomic E-state index is -0.899. The Kier molecular flexibility index (Phi) is 3.15. The van der Waals surface area contributed by atoms with Gasteiger partial charge >= 0.3 is 5.97 Å². The van der Waals surface area contributed by atoms with Crippen LogP contribution < -0.4 is 5.32 Å². The average molecular weight is 239 g/mol. The third kappa shape index (κ3) is 2.79. The molecule has 2 aliphatic carbocycles. The summed E-state index contributed by atoms with van der Waals surface area (Å²) >= 11 is 0. The van der Waals surface area contributed by atoms with Gasteiger partial charge in [0.2, 0.25) is 5.91 Å². The molecule has 0 aromatic carbocycles. The van der Waals surface area contributed by atoms with E-state index in [9.17, 15) is 9.59 Å². The van der Waals surface area contributed by atoms with Gasteiger partial charge in [0.15, 0.2) is 0 Å². The number of hydrogen-bond donors (Lipinski definition) is 2. The molecular formula is C13H21NO3. The summed E-state index contributed by atoms with van der Waals surface area (Å²) in [6, 6.07) is -0.684. The first-order chi connectivity index (χ1) is 7.96. The third-order valence-corrected chi connectivity index (χ3v) is 4.36. The van der Waals surface area contributed by atoms with Crippen molar-refractivity contribution in [3.63, 3.8) is 0 Å². The molecule has 2 N–H and O–H groups in total. The Labute approximate surface area is 102 Å². The Morgan fingerprint density at radius 2 is 2.12 bits per heavy atom. The zero-order chi connectivity index (χ0) is 12.6. The minimum Gasteiger partial charge on any atom is -0.480 e. The van der Waals surface area contributed by atoms with E-state index in [4.69, 9.17) is 5.11 Å². The van der Waals surface area contributed by atoms with E-state index in [2.05, 4.69) is 19.2 Å². The SMILES string of the molecule is CCC1(C)CC1C(=O)NC(CC1CC1)C(=O)O. The fourth-order valence-corrected chi connectivity index (χ4v) is 2.39. The van der Waals surface area contributed by atoms with Crippen LogP contribution in [0.5, 0.6) is 0 Å². The standard InChI is InChI=1S/C13H21NO3/c1-3-13(2)7-9(13)11(15)14-10(12(16)17)6-8-4-5-8/h8-10H,3-7H2,1-2H3,(H,14,15)(H,16,17). The quantitative estimate of drug-likeness (QED) is 0.742. The van der Waals surface area contributed by atoms with Gasteiger partial charge in [-0.2, -0.15) is 0 Å². The molecule has 2 fully saturated rings. The number of carboxylic acid groups (broad SMARTS) is 1. The van der Waals surface area contributed by atoms with Crippen LogP contribution in [0.15, 0.2) is 0 Å². The summed E-state index contributed by atoms with van der Waals surface area (Å²) in [4.78, 5) is 23.0. The second-order valence-corrected chi connectivity index (χ2v) is 5.84. The third-order valence-electron chi connectivity index (χ3n) is 4.36. The van der Waals surface area contributed by atoms with Crippen molar-refractivity contribution in [2.75, 3.05) is 0 Å². The molecule has 4 nitrogen and oxygen atoms in total. The van der Waals surface area contributed by atoms with E-state index >= 15 is 0 Å². The molecular weight excluding hydrogens is 218 g/mol. The lowest BCUT2D eigenvalue weighted by molar-refractivity contribution is -0.142. The van der Waals surface area contributed by atoms with E-state index in [1.54, 1.807) is 0 Å². The number of hydrogen-bond acceptors (Lipinski definition) is 2. The zero-order valence-corrected chi connectivity index (χ0v) is 10.5. The molecule has 0 aromatic heterocycles. The second kappa shape index (κ2) is 4.31. The Balaban J connectivity index is 1.85. The van der Waals surface area contributed by atoms with E-state index in [1.807, 2.05) is 0 Å². The molecule has 2 saturated carbocycles. The Morgan fingerprint density at radius 3 is 2.53 bits per heavy atom. The summed E-state index contributed by atoms with van der Waals surface area (Å²) in [5.74, 6) is -0.437. The van der Waals surface area contributed by atoms with Crippen molar-refractivity contribution in [3.05, 3.63) is 0 Å². The second-order valence-electron chi connectivity index (χ2n) is 5.84. The van der Waals surface area contributed by atoms with Crippen molar-refractivity contribution in [2.24, 2.45) is 17.3 Å². The van der Waals surface area contributed by atoms with Crippen LogP contribution in [0.4, 0.5) is 0 Å². The molecule has 0 heterocycles. The highest BCUT2D eigenvalue weighted by Gasteiger charge is 2.53. The molecule has 2 aliphatic rings. The summed E-state index contributed by atoms with van der Waals surface area (Å²) in [6.07, 6.45) is 4.68. The van der Waals surface area contributed by atoms with E-state index in [1.165, 1.54) is 0 Å². The topological polar surface area (TPSA) is 66.4 Å². The maximum atomic E-state index is 11.9. The maximum Gasteiger partial charge on any atom is 0.326 e. The van der Waals surface area contributed by atoms with Crippen molar-refractivity contribution >= 4 is 11.9 Å². The average Bonchev–Trinajstić information content (AvgIpc) is 3.15. The van der Waals surface area contributed by atoms with Gasteiger partial charge in [0.05, 0.1) is 0 Å². The molecule has 96 valence electrons. The largest absolute Gasteiger partial charge is 0.480 e. The Bertz CT molecular complexity index is 338. The highest BCUT2D eigenvalue weighted by Crippen LogP contribution is 2.54. The van der Waals surface area contributed by atoms with Crippen LogP contribution in [-0.4, -0.2) is 23.0 Å². The Morgan fingerprint density at radius 1 is 1.47 bits per heavy atom. The first-order valence-electron chi connectivity index (χ1n) is 6.49. The van der Waals surface area contributed by atoms with Crippen LogP contribution in [-0.2, 0) is 9.59 Å². The summed E-state index contributed by atoms with van der Waals surface area (Å²) in [5, 5.41) is 11.8. The van der Waals surface area contributed by atoms with Crippen molar-refractivity contribution in [2.45, 2.75) is 52.0 Å². The minimum absolute atomic E-state index is 0.0218. The number of nitrogens with one attached hydrogen (secondary N) is 1. The lowest BCUT2D eigenvalue weighted by atomic mass is 10.0. The molecule has 0 radical (unpaired) electrons. The van der Waals surface area contributed by atoms with Crippen LogP contribution in [0.25, 0.3) is 0 Å². The molecule has 0 spiro atoms. The van der Waals surface area contributed by atoms with E-state index < -0.39 is 12.0 Å². The molecule has 3 unspecified atom stereocenters. The number of amides is 1. The van der Waals surface area contributed by atoms with Crippen LogP contribution >= 0.6 is 0 Å². The lowest BCUT2D eigenvalue weighted by Gasteiger charge is -2.15. The van der Waals surface area contributed by atoms with Gasteiger partial charge in [0, 0.05) is 5.92 Å². The van der Waals surface area contributed by atoms with Crippen molar-refractivity contribution in [1.29, 1.82) is 0 Å².